The third-order valence-electron chi connectivity index (χ3n) is 3.68. The Hall–Kier alpha value is -1.71. The van der Waals surface area contributed by atoms with Crippen molar-refractivity contribution in [2.75, 3.05) is 5.01 Å². The third kappa shape index (κ3) is 1.92. The fourth-order valence-electron chi connectivity index (χ4n) is 2.68. The van der Waals surface area contributed by atoms with E-state index in [1.54, 1.807) is 6.20 Å². The number of anilines is 1. The summed E-state index contributed by atoms with van der Waals surface area (Å²) in [6.07, 6.45) is 7.12. The number of nitrogens with zero attached hydrogens (tertiary/aromatic N) is 3. The van der Waals surface area contributed by atoms with Gasteiger partial charge in [-0.25, -0.2) is 4.98 Å². The second-order valence-electron chi connectivity index (χ2n) is 5.08. The van der Waals surface area contributed by atoms with Crippen LogP contribution in [0.25, 0.3) is 0 Å². The molecule has 0 N–H and O–H groups in total. The summed E-state index contributed by atoms with van der Waals surface area (Å²) in [7, 11) is 0. The van der Waals surface area contributed by atoms with E-state index in [-0.39, 0.29) is 11.8 Å². The monoisotopic (exact) mass is 243 g/mol. The fourth-order valence-corrected chi connectivity index (χ4v) is 2.68. The van der Waals surface area contributed by atoms with Gasteiger partial charge in [0.25, 0.3) is 5.91 Å². The Balaban J connectivity index is 1.93. The Bertz CT molecular complexity index is 510. The molecular weight excluding hydrogens is 226 g/mol. The number of hydrogen-bond donors (Lipinski definition) is 0. The van der Waals surface area contributed by atoms with E-state index in [0.717, 1.165) is 37.0 Å². The van der Waals surface area contributed by atoms with Crippen molar-refractivity contribution in [1.82, 2.24) is 4.98 Å². The number of pyridine rings is 1. The molecule has 1 aliphatic carbocycles. The smallest absolute Gasteiger partial charge is 0.257 e. The average Bonchev–Trinajstić information content (AvgIpc) is 2.55. The van der Waals surface area contributed by atoms with Crippen LogP contribution in [0.1, 0.15) is 37.7 Å². The van der Waals surface area contributed by atoms with Crippen molar-refractivity contribution in [2.24, 2.45) is 11.0 Å². The van der Waals surface area contributed by atoms with E-state index in [2.05, 4.69) is 10.1 Å². The third-order valence-corrected chi connectivity index (χ3v) is 3.68. The van der Waals surface area contributed by atoms with Crippen molar-refractivity contribution in [3.8, 4) is 0 Å². The van der Waals surface area contributed by atoms with Crippen molar-refractivity contribution in [2.45, 2.75) is 39.0 Å². The predicted octanol–water partition coefficient (Wildman–Crippen LogP) is 2.67. The first-order valence-electron chi connectivity index (χ1n) is 6.60. The molecule has 0 aromatic carbocycles. The van der Waals surface area contributed by atoms with Gasteiger partial charge in [-0.15, -0.1) is 0 Å². The molecule has 4 nitrogen and oxygen atoms in total. The summed E-state index contributed by atoms with van der Waals surface area (Å²) in [6.45, 7) is 2.00. The van der Waals surface area contributed by atoms with Crippen molar-refractivity contribution in [1.29, 1.82) is 0 Å². The normalized spacial score (nSPS) is 23.6. The number of amides is 1. The molecule has 1 saturated carbocycles. The highest BCUT2D eigenvalue weighted by Crippen LogP contribution is 2.30. The lowest BCUT2D eigenvalue weighted by atomic mass is 9.98. The molecule has 1 aromatic rings. The molecular formula is C14H17N3O. The minimum Gasteiger partial charge on any atom is -0.272 e. The predicted molar refractivity (Wildman–Crippen MR) is 70.5 cm³/mol. The lowest BCUT2D eigenvalue weighted by Crippen LogP contribution is -2.27. The molecule has 2 aliphatic rings. The zero-order valence-electron chi connectivity index (χ0n) is 10.6. The minimum absolute atomic E-state index is 0.00909. The molecule has 1 atom stereocenters. The summed E-state index contributed by atoms with van der Waals surface area (Å²) in [5.74, 6) is 0.764. The van der Waals surface area contributed by atoms with E-state index in [0.29, 0.717) is 5.82 Å². The van der Waals surface area contributed by atoms with Crippen molar-refractivity contribution < 1.29 is 4.79 Å². The Morgan fingerprint density at radius 2 is 2.22 bits per heavy atom. The van der Waals surface area contributed by atoms with Crippen LogP contribution in [0.2, 0.25) is 0 Å². The number of fused-ring (bicyclic) bond motifs is 1. The molecule has 3 rings (SSSR count). The summed E-state index contributed by atoms with van der Waals surface area (Å²) < 4.78 is 0. The number of rotatable bonds is 1. The number of hydrogen-bond acceptors (Lipinski definition) is 3. The standard InChI is InChI=1S/C14H17N3O/c1-10-7-8-15-13(9-10)17-14(18)11-5-3-2-4-6-12(11)16-17/h7-9,11H,2-6H2,1H3. The van der Waals surface area contributed by atoms with Gasteiger partial charge in [-0.3, -0.25) is 4.79 Å². The van der Waals surface area contributed by atoms with Gasteiger partial charge in [0.15, 0.2) is 5.82 Å². The van der Waals surface area contributed by atoms with Gasteiger partial charge < -0.3 is 0 Å². The quantitative estimate of drug-likeness (QED) is 0.761. The van der Waals surface area contributed by atoms with Gasteiger partial charge in [0.2, 0.25) is 0 Å². The van der Waals surface area contributed by atoms with Crippen LogP contribution in [0.15, 0.2) is 23.4 Å². The topological polar surface area (TPSA) is 45.6 Å². The maximum atomic E-state index is 12.4. The first kappa shape index (κ1) is 11.4. The molecule has 0 spiro atoms. The Labute approximate surface area is 107 Å². The number of aryl methyl sites for hydroxylation is 1. The first-order valence-corrected chi connectivity index (χ1v) is 6.60. The van der Waals surface area contributed by atoms with Gasteiger partial charge in [0.1, 0.15) is 0 Å². The second-order valence-corrected chi connectivity index (χ2v) is 5.08. The molecule has 1 unspecified atom stereocenters. The van der Waals surface area contributed by atoms with Crippen LogP contribution in [-0.2, 0) is 4.79 Å². The first-order chi connectivity index (χ1) is 8.75. The van der Waals surface area contributed by atoms with Crippen LogP contribution < -0.4 is 5.01 Å². The maximum Gasteiger partial charge on any atom is 0.257 e. The van der Waals surface area contributed by atoms with Crippen LogP contribution in [0.4, 0.5) is 5.82 Å². The largest absolute Gasteiger partial charge is 0.272 e. The van der Waals surface area contributed by atoms with E-state index in [1.165, 1.54) is 11.4 Å². The minimum atomic E-state index is 0.00909. The lowest BCUT2D eigenvalue weighted by molar-refractivity contribution is -0.119. The number of aromatic nitrogens is 1. The van der Waals surface area contributed by atoms with Crippen molar-refractivity contribution >= 4 is 17.4 Å². The van der Waals surface area contributed by atoms with Gasteiger partial charge in [0, 0.05) is 6.20 Å². The van der Waals surface area contributed by atoms with Crippen LogP contribution in [0.5, 0.6) is 0 Å². The number of carbonyl (C=O) groups excluding carboxylic acids is 1. The highest BCUT2D eigenvalue weighted by atomic mass is 16.2. The summed E-state index contributed by atoms with van der Waals surface area (Å²) in [4.78, 5) is 16.6. The molecule has 0 bridgehead atoms. The van der Waals surface area contributed by atoms with E-state index in [4.69, 9.17) is 0 Å². The van der Waals surface area contributed by atoms with Gasteiger partial charge in [-0.1, -0.05) is 12.8 Å². The number of hydrazone groups is 1. The molecule has 2 heterocycles. The second kappa shape index (κ2) is 4.52. The highest BCUT2D eigenvalue weighted by Gasteiger charge is 2.37. The molecule has 0 saturated heterocycles. The SMILES string of the molecule is Cc1ccnc(N2N=C3CCCCCC3C2=O)c1. The van der Waals surface area contributed by atoms with Crippen LogP contribution in [0.3, 0.4) is 0 Å². The highest BCUT2D eigenvalue weighted by molar-refractivity contribution is 6.15. The van der Waals surface area contributed by atoms with Gasteiger partial charge in [-0.05, 0) is 43.9 Å². The average molecular weight is 243 g/mol. The molecule has 0 radical (unpaired) electrons. The molecule has 18 heavy (non-hydrogen) atoms. The summed E-state index contributed by atoms with van der Waals surface area (Å²) in [5.41, 5.74) is 2.15. The van der Waals surface area contributed by atoms with Crippen LogP contribution in [0, 0.1) is 12.8 Å². The summed E-state index contributed by atoms with van der Waals surface area (Å²) >= 11 is 0. The molecule has 4 heteroatoms. The molecule has 94 valence electrons. The van der Waals surface area contributed by atoms with Crippen LogP contribution >= 0.6 is 0 Å². The maximum absolute atomic E-state index is 12.4. The van der Waals surface area contributed by atoms with Crippen molar-refractivity contribution in [3.05, 3.63) is 23.9 Å². The lowest BCUT2D eigenvalue weighted by Gasteiger charge is -2.13. The Morgan fingerprint density at radius 1 is 1.33 bits per heavy atom. The molecule has 1 aromatic heterocycles. The molecule has 1 fully saturated rings. The van der Waals surface area contributed by atoms with E-state index in [1.807, 2.05) is 19.1 Å². The van der Waals surface area contributed by atoms with E-state index < -0.39 is 0 Å². The Morgan fingerprint density at radius 3 is 3.06 bits per heavy atom. The summed E-state index contributed by atoms with van der Waals surface area (Å²) in [6, 6.07) is 3.84. The molecule has 1 aliphatic heterocycles. The van der Waals surface area contributed by atoms with Gasteiger partial charge in [0.05, 0.1) is 11.6 Å². The van der Waals surface area contributed by atoms with Gasteiger partial charge >= 0.3 is 0 Å². The van der Waals surface area contributed by atoms with Crippen LogP contribution in [-0.4, -0.2) is 16.6 Å². The fraction of sp³-hybridized carbons (Fsp3) is 0.500. The molecule has 1 amide bonds. The zero-order valence-corrected chi connectivity index (χ0v) is 10.6. The number of carbonyl (C=O) groups is 1. The van der Waals surface area contributed by atoms with Gasteiger partial charge in [-0.2, -0.15) is 10.1 Å². The van der Waals surface area contributed by atoms with E-state index in [9.17, 15) is 4.79 Å². The summed E-state index contributed by atoms with van der Waals surface area (Å²) in [5, 5.41) is 6.00. The zero-order chi connectivity index (χ0) is 12.5. The van der Waals surface area contributed by atoms with Crippen molar-refractivity contribution in [3.63, 3.8) is 0 Å². The van der Waals surface area contributed by atoms with E-state index >= 15 is 0 Å². The Kier molecular flexibility index (Phi) is 2.86.